The largest absolute Gasteiger partial charge is 0.356 e. The second kappa shape index (κ2) is 7.58. The first-order valence-electron chi connectivity index (χ1n) is 13.2. The molecule has 1 aromatic heterocycles. The van der Waals surface area contributed by atoms with Crippen molar-refractivity contribution in [3.8, 4) is 0 Å². The molecule has 6 aliphatic carbocycles. The summed E-state index contributed by atoms with van der Waals surface area (Å²) in [7, 11) is 0. The lowest BCUT2D eigenvalue weighted by atomic mass is 9.51. The summed E-state index contributed by atoms with van der Waals surface area (Å²) in [4.78, 5) is 24.8. The van der Waals surface area contributed by atoms with Crippen LogP contribution in [0.5, 0.6) is 0 Å². The monoisotopic (exact) mass is 454 g/mol. The van der Waals surface area contributed by atoms with Crippen LogP contribution in [0, 0.1) is 41.4 Å². The molecule has 0 aromatic carbocycles. The number of anilines is 1. The molecule has 3 atom stereocenters. The predicted molar refractivity (Wildman–Crippen MR) is 125 cm³/mol. The zero-order valence-corrected chi connectivity index (χ0v) is 19.6. The Bertz CT molecular complexity index is 889. The Morgan fingerprint density at radius 1 is 0.906 bits per heavy atom. The minimum absolute atomic E-state index is 0.310. The molecule has 1 aromatic rings. The highest BCUT2D eigenvalue weighted by molar-refractivity contribution is 6.28. The zero-order valence-electron chi connectivity index (χ0n) is 18.9. The second-order valence-corrected chi connectivity index (χ2v) is 12.4. The number of nitrogens with one attached hydrogen (secondary N) is 1. The zero-order chi connectivity index (χ0) is 21.4. The topological polar surface area (TPSA) is 58.1 Å². The van der Waals surface area contributed by atoms with Crippen LogP contribution in [0.4, 0.5) is 5.82 Å². The van der Waals surface area contributed by atoms with E-state index in [0.717, 1.165) is 43.6 Å². The quantitative estimate of drug-likeness (QED) is 0.664. The summed E-state index contributed by atoms with van der Waals surface area (Å²) < 4.78 is 0. The van der Waals surface area contributed by atoms with E-state index >= 15 is 0 Å². The lowest BCUT2D eigenvalue weighted by molar-refractivity contribution is -0.139. The molecular formula is C26H35ClN4O. The molecule has 7 fully saturated rings. The summed E-state index contributed by atoms with van der Waals surface area (Å²) in [6.07, 6.45) is 14.6. The molecule has 6 heteroatoms. The third-order valence-corrected chi connectivity index (χ3v) is 10.2. The van der Waals surface area contributed by atoms with Crippen molar-refractivity contribution in [2.75, 3.05) is 18.0 Å². The average molecular weight is 455 g/mol. The molecule has 1 aliphatic heterocycles. The highest BCUT2D eigenvalue weighted by Crippen LogP contribution is 2.56. The Hall–Kier alpha value is -1.36. The van der Waals surface area contributed by atoms with Gasteiger partial charge in [0.1, 0.15) is 5.82 Å². The van der Waals surface area contributed by atoms with E-state index < -0.39 is 0 Å². The molecule has 1 amide bonds. The summed E-state index contributed by atoms with van der Waals surface area (Å²) in [6, 6.07) is 0.359. The Morgan fingerprint density at radius 3 is 2.34 bits per heavy atom. The number of hydrogen-bond donors (Lipinski definition) is 1. The fourth-order valence-electron chi connectivity index (χ4n) is 8.68. The molecule has 8 rings (SSSR count). The number of hydrogen-bond acceptors (Lipinski definition) is 4. The van der Waals surface area contributed by atoms with Gasteiger partial charge in [0.25, 0.3) is 0 Å². The number of amides is 1. The molecule has 1 N–H and O–H groups in total. The molecule has 172 valence electrons. The fraction of sp³-hybridized carbons (Fsp3) is 0.808. The molecule has 7 aliphatic rings. The van der Waals surface area contributed by atoms with Crippen molar-refractivity contribution in [3.05, 3.63) is 17.0 Å². The van der Waals surface area contributed by atoms with E-state index in [2.05, 4.69) is 20.2 Å². The van der Waals surface area contributed by atoms with Gasteiger partial charge < -0.3 is 10.2 Å². The Morgan fingerprint density at radius 2 is 1.62 bits per heavy atom. The first-order chi connectivity index (χ1) is 15.6. The molecular weight excluding hydrogens is 420 g/mol. The van der Waals surface area contributed by atoms with Crippen molar-refractivity contribution in [3.63, 3.8) is 0 Å². The fourth-order valence-corrected chi connectivity index (χ4v) is 8.81. The third-order valence-electron chi connectivity index (χ3n) is 10.0. The van der Waals surface area contributed by atoms with Crippen LogP contribution in [0.2, 0.25) is 5.28 Å². The van der Waals surface area contributed by atoms with Gasteiger partial charge in [0.15, 0.2) is 0 Å². The van der Waals surface area contributed by atoms with E-state index in [-0.39, 0.29) is 0 Å². The van der Waals surface area contributed by atoms with Crippen molar-refractivity contribution in [2.24, 2.45) is 41.4 Å². The van der Waals surface area contributed by atoms with Crippen molar-refractivity contribution < 1.29 is 4.79 Å². The van der Waals surface area contributed by atoms with Gasteiger partial charge in [-0.1, -0.05) is 0 Å². The number of carbonyl (C=O) groups is 1. The lowest BCUT2D eigenvalue weighted by Gasteiger charge is -2.53. The van der Waals surface area contributed by atoms with Gasteiger partial charge in [-0.25, -0.2) is 9.97 Å². The van der Waals surface area contributed by atoms with Gasteiger partial charge in [0.2, 0.25) is 11.2 Å². The van der Waals surface area contributed by atoms with Crippen LogP contribution in [0.15, 0.2) is 6.20 Å². The Kier molecular flexibility index (Phi) is 4.75. The number of fused-ring (bicyclic) bond motifs is 1. The second-order valence-electron chi connectivity index (χ2n) is 12.1. The normalized spacial score (nSPS) is 42.2. The molecule has 0 spiro atoms. The maximum atomic E-state index is 13.4. The lowest BCUT2D eigenvalue weighted by Crippen LogP contribution is -2.53. The van der Waals surface area contributed by atoms with Gasteiger partial charge in [0.05, 0.1) is 0 Å². The van der Waals surface area contributed by atoms with E-state index in [1.54, 1.807) is 0 Å². The Labute approximate surface area is 196 Å². The highest BCUT2D eigenvalue weighted by Gasteiger charge is 2.51. The maximum Gasteiger partial charge on any atom is 0.224 e. The average Bonchev–Trinajstić information content (AvgIpc) is 3.51. The van der Waals surface area contributed by atoms with Crippen molar-refractivity contribution in [1.82, 2.24) is 15.3 Å². The van der Waals surface area contributed by atoms with Gasteiger partial charge in [-0.3, -0.25) is 4.79 Å². The van der Waals surface area contributed by atoms with E-state index in [9.17, 15) is 4.79 Å². The van der Waals surface area contributed by atoms with Gasteiger partial charge in [-0.05, 0) is 117 Å². The van der Waals surface area contributed by atoms with Crippen LogP contribution in [-0.4, -0.2) is 35.0 Å². The number of nitrogens with zero attached hydrogens (tertiary/aromatic N) is 3. The summed E-state index contributed by atoms with van der Waals surface area (Å²) in [5.41, 5.74) is 1.29. The SMILES string of the molecule is O=C(NC1CCC2CN(c3nc(Cl)ncc3C3CC3)CC2C1)C1C2CC3CC(C2)CC1C3. The van der Waals surface area contributed by atoms with E-state index in [1.165, 1.54) is 56.9 Å². The first-order valence-corrected chi connectivity index (χ1v) is 13.6. The number of rotatable bonds is 4. The van der Waals surface area contributed by atoms with Crippen LogP contribution >= 0.6 is 11.6 Å². The highest BCUT2D eigenvalue weighted by atomic mass is 35.5. The van der Waals surface area contributed by atoms with Gasteiger partial charge in [0, 0.05) is 36.8 Å². The smallest absolute Gasteiger partial charge is 0.224 e. The number of halogens is 1. The molecule has 4 bridgehead atoms. The predicted octanol–water partition coefficient (Wildman–Crippen LogP) is 4.80. The molecule has 3 unspecified atom stereocenters. The summed E-state index contributed by atoms with van der Waals surface area (Å²) >= 11 is 6.18. The van der Waals surface area contributed by atoms with Crippen LogP contribution in [0.3, 0.4) is 0 Å². The van der Waals surface area contributed by atoms with Crippen LogP contribution in [-0.2, 0) is 4.79 Å². The van der Waals surface area contributed by atoms with Gasteiger partial charge in [-0.2, -0.15) is 0 Å². The molecule has 6 saturated carbocycles. The minimum atomic E-state index is 0.310. The van der Waals surface area contributed by atoms with E-state index in [0.29, 0.717) is 52.7 Å². The Balaban J connectivity index is 1.01. The third kappa shape index (κ3) is 3.45. The van der Waals surface area contributed by atoms with Crippen LogP contribution in [0.1, 0.15) is 75.7 Å². The first kappa shape index (κ1) is 20.1. The van der Waals surface area contributed by atoms with Crippen LogP contribution in [0.25, 0.3) is 0 Å². The maximum absolute atomic E-state index is 13.4. The van der Waals surface area contributed by atoms with E-state index in [1.807, 2.05) is 6.20 Å². The molecule has 2 heterocycles. The van der Waals surface area contributed by atoms with Gasteiger partial charge in [-0.15, -0.1) is 0 Å². The molecule has 1 saturated heterocycles. The number of carbonyl (C=O) groups excluding carboxylic acids is 1. The van der Waals surface area contributed by atoms with Gasteiger partial charge >= 0.3 is 0 Å². The molecule has 5 nitrogen and oxygen atoms in total. The number of aromatic nitrogens is 2. The van der Waals surface area contributed by atoms with Crippen LogP contribution < -0.4 is 10.2 Å². The molecule has 32 heavy (non-hydrogen) atoms. The minimum Gasteiger partial charge on any atom is -0.356 e. The standard InChI is InChI=1S/C26H35ClN4O/c27-26-28-11-22(16-1-2-16)24(30-26)31-12-17-3-4-21(10-20(17)13-31)29-25(32)23-18-6-14-5-15(8-18)9-19(23)7-14/h11,14-21,23H,1-10,12-13H2,(H,29,32). The van der Waals surface area contributed by atoms with Crippen molar-refractivity contribution in [1.29, 1.82) is 0 Å². The molecule has 0 radical (unpaired) electrons. The summed E-state index contributed by atoms with van der Waals surface area (Å²) in [6.45, 7) is 2.12. The summed E-state index contributed by atoms with van der Waals surface area (Å²) in [5.74, 6) is 6.98. The van der Waals surface area contributed by atoms with Crippen molar-refractivity contribution in [2.45, 2.75) is 76.2 Å². The van der Waals surface area contributed by atoms with Crippen molar-refractivity contribution >= 4 is 23.3 Å². The van der Waals surface area contributed by atoms with E-state index in [4.69, 9.17) is 11.6 Å². The summed E-state index contributed by atoms with van der Waals surface area (Å²) in [5, 5.41) is 3.92.